The molecule has 0 unspecified atom stereocenters. The van der Waals surface area contributed by atoms with E-state index in [4.69, 9.17) is 28.5 Å². The predicted octanol–water partition coefficient (Wildman–Crippen LogP) is 5.16. The van der Waals surface area contributed by atoms with Crippen molar-refractivity contribution in [1.29, 1.82) is 5.26 Å². The summed E-state index contributed by atoms with van der Waals surface area (Å²) < 4.78 is 0. The first-order valence-electron chi connectivity index (χ1n) is 8.14. The average molecular weight is 372 g/mol. The lowest BCUT2D eigenvalue weighted by Gasteiger charge is -2.36. The molecular weight excluding hydrogens is 357 g/mol. The molecule has 1 N–H and O–H groups in total. The molecule has 2 aromatic carbocycles. The van der Waals surface area contributed by atoms with E-state index in [0.29, 0.717) is 21.3 Å². The summed E-state index contributed by atoms with van der Waals surface area (Å²) in [5.74, 6) is 0. The number of carbonyl (C=O) groups excluding carboxylic acids is 1. The van der Waals surface area contributed by atoms with Crippen LogP contribution >= 0.6 is 23.2 Å². The van der Waals surface area contributed by atoms with Gasteiger partial charge in [0.15, 0.2) is 0 Å². The molecule has 0 aliphatic carbocycles. The van der Waals surface area contributed by atoms with E-state index < -0.39 is 0 Å². The Balaban J connectivity index is 1.59. The Morgan fingerprint density at radius 2 is 2.00 bits per heavy atom. The SMILES string of the molecule is N#Cc1ccc2c(c1)C[C@H]1CC[C@@H]2N1C(=O)Nc1ccc(Cl)c(Cl)c1. The fourth-order valence-electron chi connectivity index (χ4n) is 3.89. The number of nitrogens with zero attached hydrogens (tertiary/aromatic N) is 2. The van der Waals surface area contributed by atoms with Crippen molar-refractivity contribution < 1.29 is 4.79 Å². The van der Waals surface area contributed by atoms with Crippen molar-refractivity contribution in [2.45, 2.75) is 31.3 Å². The second kappa shape index (κ2) is 6.25. The molecule has 2 atom stereocenters. The van der Waals surface area contributed by atoms with Crippen molar-refractivity contribution in [1.82, 2.24) is 4.90 Å². The van der Waals surface area contributed by atoms with E-state index >= 15 is 0 Å². The maximum absolute atomic E-state index is 12.8. The molecule has 1 fully saturated rings. The van der Waals surface area contributed by atoms with Gasteiger partial charge in [0.2, 0.25) is 0 Å². The molecule has 2 bridgehead atoms. The summed E-state index contributed by atoms with van der Waals surface area (Å²) in [6.45, 7) is 0. The van der Waals surface area contributed by atoms with Gasteiger partial charge < -0.3 is 10.2 Å². The minimum absolute atomic E-state index is 0.0595. The van der Waals surface area contributed by atoms with Gasteiger partial charge in [0.05, 0.1) is 27.7 Å². The number of nitriles is 1. The van der Waals surface area contributed by atoms with Gasteiger partial charge in [-0.3, -0.25) is 0 Å². The fourth-order valence-corrected chi connectivity index (χ4v) is 4.19. The van der Waals surface area contributed by atoms with E-state index in [1.807, 2.05) is 23.1 Å². The Bertz CT molecular complexity index is 906. The summed E-state index contributed by atoms with van der Waals surface area (Å²) >= 11 is 12.0. The monoisotopic (exact) mass is 371 g/mol. The number of urea groups is 1. The van der Waals surface area contributed by atoms with Crippen LogP contribution in [0.5, 0.6) is 0 Å². The van der Waals surface area contributed by atoms with Crippen LogP contribution < -0.4 is 5.32 Å². The third-order valence-corrected chi connectivity index (χ3v) is 5.73. The summed E-state index contributed by atoms with van der Waals surface area (Å²) in [6, 6.07) is 13.1. The van der Waals surface area contributed by atoms with Crippen LogP contribution in [0.25, 0.3) is 0 Å². The van der Waals surface area contributed by atoms with E-state index in [1.165, 1.54) is 5.56 Å². The zero-order valence-corrected chi connectivity index (χ0v) is 14.8. The molecule has 2 amide bonds. The van der Waals surface area contributed by atoms with Crippen LogP contribution in [-0.4, -0.2) is 17.0 Å². The molecular formula is C19H15Cl2N3O. The number of rotatable bonds is 1. The standard InChI is InChI=1S/C19H15Cl2N3O/c20-16-5-2-13(9-17(16)21)23-19(25)24-14-3-6-18(24)15-4-1-11(10-22)7-12(15)8-14/h1-2,4-5,7,9,14,18H,3,6,8H2,(H,23,25)/t14-,18+/m1/s1. The number of carbonyl (C=O) groups is 1. The Hall–Kier alpha value is -2.22. The van der Waals surface area contributed by atoms with Gasteiger partial charge in [-0.15, -0.1) is 0 Å². The molecule has 6 heteroatoms. The summed E-state index contributed by atoms with van der Waals surface area (Å²) in [6.07, 6.45) is 2.70. The van der Waals surface area contributed by atoms with Crippen molar-refractivity contribution in [2.24, 2.45) is 0 Å². The third kappa shape index (κ3) is 2.84. The first-order valence-corrected chi connectivity index (χ1v) is 8.89. The molecule has 25 heavy (non-hydrogen) atoms. The van der Waals surface area contributed by atoms with Crippen molar-refractivity contribution in [3.8, 4) is 6.07 Å². The van der Waals surface area contributed by atoms with Crippen LogP contribution in [-0.2, 0) is 6.42 Å². The minimum atomic E-state index is -0.124. The van der Waals surface area contributed by atoms with Gasteiger partial charge in [0, 0.05) is 11.7 Å². The zero-order chi connectivity index (χ0) is 17.6. The van der Waals surface area contributed by atoms with Crippen LogP contribution in [0.2, 0.25) is 10.0 Å². The molecule has 126 valence electrons. The number of halogens is 2. The topological polar surface area (TPSA) is 56.1 Å². The molecule has 0 spiro atoms. The highest BCUT2D eigenvalue weighted by Gasteiger charge is 2.42. The van der Waals surface area contributed by atoms with Crippen molar-refractivity contribution in [3.63, 3.8) is 0 Å². The summed E-state index contributed by atoms with van der Waals surface area (Å²) in [4.78, 5) is 14.8. The number of hydrogen-bond donors (Lipinski definition) is 1. The van der Waals surface area contributed by atoms with Gasteiger partial charge in [-0.1, -0.05) is 29.3 Å². The maximum atomic E-state index is 12.8. The Kier molecular flexibility index (Phi) is 4.07. The number of fused-ring (bicyclic) bond motifs is 4. The van der Waals surface area contributed by atoms with E-state index in [0.717, 1.165) is 24.8 Å². The molecule has 4 nitrogen and oxygen atoms in total. The second-order valence-electron chi connectivity index (χ2n) is 6.44. The number of benzene rings is 2. The molecule has 2 heterocycles. The van der Waals surface area contributed by atoms with Crippen molar-refractivity contribution >= 4 is 34.9 Å². The Labute approximate surface area is 156 Å². The Morgan fingerprint density at radius 3 is 2.76 bits per heavy atom. The van der Waals surface area contributed by atoms with Crippen molar-refractivity contribution in [2.75, 3.05) is 5.32 Å². The van der Waals surface area contributed by atoms with Crippen LogP contribution in [0.4, 0.5) is 10.5 Å². The van der Waals surface area contributed by atoms with Crippen LogP contribution in [0.1, 0.15) is 35.6 Å². The average Bonchev–Trinajstić information content (AvgIpc) is 2.93. The molecule has 2 aromatic rings. The maximum Gasteiger partial charge on any atom is 0.322 e. The predicted molar refractivity (Wildman–Crippen MR) is 97.9 cm³/mol. The normalized spacial score (nSPS) is 20.8. The second-order valence-corrected chi connectivity index (χ2v) is 7.26. The smallest absolute Gasteiger partial charge is 0.314 e. The number of hydrogen-bond acceptors (Lipinski definition) is 2. The molecule has 0 saturated carbocycles. The zero-order valence-electron chi connectivity index (χ0n) is 13.3. The van der Waals surface area contributed by atoms with Gasteiger partial charge in [0.25, 0.3) is 0 Å². The van der Waals surface area contributed by atoms with E-state index in [9.17, 15) is 4.79 Å². The lowest BCUT2D eigenvalue weighted by Crippen LogP contribution is -2.44. The Morgan fingerprint density at radius 1 is 1.16 bits per heavy atom. The third-order valence-electron chi connectivity index (χ3n) is 4.99. The first-order chi connectivity index (χ1) is 12.1. The number of amides is 2. The van der Waals surface area contributed by atoms with Gasteiger partial charge in [-0.25, -0.2) is 4.79 Å². The lowest BCUT2D eigenvalue weighted by molar-refractivity contribution is 0.179. The highest BCUT2D eigenvalue weighted by atomic mass is 35.5. The highest BCUT2D eigenvalue weighted by molar-refractivity contribution is 6.42. The van der Waals surface area contributed by atoms with Gasteiger partial charge in [0.1, 0.15) is 0 Å². The molecule has 0 radical (unpaired) electrons. The largest absolute Gasteiger partial charge is 0.322 e. The van der Waals surface area contributed by atoms with Crippen molar-refractivity contribution in [3.05, 3.63) is 63.1 Å². The van der Waals surface area contributed by atoms with Gasteiger partial charge >= 0.3 is 6.03 Å². The molecule has 0 aromatic heterocycles. The number of anilines is 1. The quantitative estimate of drug-likeness (QED) is 0.752. The molecule has 1 saturated heterocycles. The minimum Gasteiger partial charge on any atom is -0.314 e. The first kappa shape index (κ1) is 16.3. The van der Waals surface area contributed by atoms with E-state index in [2.05, 4.69) is 11.4 Å². The fraction of sp³-hybridized carbons (Fsp3) is 0.263. The lowest BCUT2D eigenvalue weighted by atomic mass is 9.92. The summed E-state index contributed by atoms with van der Waals surface area (Å²) in [7, 11) is 0. The molecule has 4 rings (SSSR count). The van der Waals surface area contributed by atoms with Gasteiger partial charge in [-0.05, 0) is 60.7 Å². The van der Waals surface area contributed by atoms with Crippen LogP contribution in [0.15, 0.2) is 36.4 Å². The highest BCUT2D eigenvalue weighted by Crippen LogP contribution is 2.44. The van der Waals surface area contributed by atoms with Crippen LogP contribution in [0.3, 0.4) is 0 Å². The molecule has 2 aliphatic rings. The van der Waals surface area contributed by atoms with E-state index in [-0.39, 0.29) is 18.1 Å². The molecule has 2 aliphatic heterocycles. The van der Waals surface area contributed by atoms with E-state index in [1.54, 1.807) is 18.2 Å². The van der Waals surface area contributed by atoms with Crippen LogP contribution in [0, 0.1) is 11.3 Å². The van der Waals surface area contributed by atoms with Gasteiger partial charge in [-0.2, -0.15) is 5.26 Å². The summed E-state index contributed by atoms with van der Waals surface area (Å²) in [5, 5.41) is 12.9. The summed E-state index contributed by atoms with van der Waals surface area (Å²) in [5.41, 5.74) is 3.64. The number of nitrogens with one attached hydrogen (secondary N) is 1.